The summed E-state index contributed by atoms with van der Waals surface area (Å²) in [7, 11) is 0. The van der Waals surface area contributed by atoms with Crippen LogP contribution in [0.5, 0.6) is 0 Å². The summed E-state index contributed by atoms with van der Waals surface area (Å²) in [6.07, 6.45) is 42.2. The molecule has 1 N–H and O–H groups in total. The number of hydrogen-bond donors (Lipinski definition) is 1. The van der Waals surface area contributed by atoms with E-state index in [0.717, 1.165) is 57.8 Å². The number of carboxylic acid groups (broad SMARTS) is 1. The molecule has 0 aliphatic carbocycles. The van der Waals surface area contributed by atoms with E-state index < -0.39 is 5.97 Å². The Hall–Kier alpha value is -1.32. The lowest BCUT2D eigenvalue weighted by molar-refractivity contribution is -0.150. The highest BCUT2D eigenvalue weighted by molar-refractivity contribution is 5.69. The lowest BCUT2D eigenvalue weighted by atomic mass is 10.0. The number of hydrogen-bond acceptors (Lipinski definition) is 3. The van der Waals surface area contributed by atoms with Crippen LogP contribution in [0.3, 0.4) is 0 Å². The zero-order valence-corrected chi connectivity index (χ0v) is 29.0. The van der Waals surface area contributed by atoms with Crippen LogP contribution in [-0.4, -0.2) is 23.1 Å². The predicted molar refractivity (Wildman–Crippen MR) is 186 cm³/mol. The zero-order chi connectivity index (χ0) is 31.5. The molecule has 4 heteroatoms. The summed E-state index contributed by atoms with van der Waals surface area (Å²) in [5.74, 6) is -0.724. The van der Waals surface area contributed by atoms with Crippen molar-refractivity contribution in [3.63, 3.8) is 0 Å². The molecule has 0 fully saturated rings. The summed E-state index contributed by atoms with van der Waals surface area (Å²) in [4.78, 5) is 23.3. The molecule has 0 aliphatic rings. The minimum absolute atomic E-state index is 0.0149. The molecule has 0 rings (SSSR count). The van der Waals surface area contributed by atoms with Gasteiger partial charge in [0.15, 0.2) is 0 Å². The van der Waals surface area contributed by atoms with Gasteiger partial charge in [-0.15, -0.1) is 0 Å². The Morgan fingerprint density at radius 2 is 0.837 bits per heavy atom. The Morgan fingerprint density at radius 1 is 0.488 bits per heavy atom. The maximum absolute atomic E-state index is 12.6. The second kappa shape index (κ2) is 35.2. The van der Waals surface area contributed by atoms with Gasteiger partial charge in [0.05, 0.1) is 0 Å². The summed E-state index contributed by atoms with van der Waals surface area (Å²) < 4.78 is 5.97. The first-order chi connectivity index (χ1) is 21.1. The van der Waals surface area contributed by atoms with Gasteiger partial charge in [0.1, 0.15) is 6.10 Å². The number of unbranched alkanes of at least 4 members (excludes halogenated alkanes) is 24. The van der Waals surface area contributed by atoms with E-state index in [4.69, 9.17) is 9.84 Å². The third-order valence-electron chi connectivity index (χ3n) is 8.74. The lowest BCUT2D eigenvalue weighted by Gasteiger charge is -2.18. The van der Waals surface area contributed by atoms with Gasteiger partial charge in [0, 0.05) is 12.8 Å². The number of esters is 1. The number of rotatable bonds is 35. The number of aliphatic carboxylic acids is 1. The van der Waals surface area contributed by atoms with E-state index in [0.29, 0.717) is 6.42 Å². The topological polar surface area (TPSA) is 63.6 Å². The highest BCUT2D eigenvalue weighted by Gasteiger charge is 2.14. The Bertz CT molecular complexity index is 614. The van der Waals surface area contributed by atoms with E-state index in [1.807, 2.05) is 0 Å². The summed E-state index contributed by atoms with van der Waals surface area (Å²) >= 11 is 0. The Balaban J connectivity index is 3.99. The van der Waals surface area contributed by atoms with E-state index in [-0.39, 0.29) is 18.5 Å². The first-order valence-electron chi connectivity index (χ1n) is 19.2. The van der Waals surface area contributed by atoms with Crippen LogP contribution in [0.1, 0.15) is 219 Å². The quantitative estimate of drug-likeness (QED) is 0.0443. The van der Waals surface area contributed by atoms with E-state index in [2.05, 4.69) is 26.0 Å². The Labute approximate surface area is 268 Å². The molecular formula is C39H74O4. The van der Waals surface area contributed by atoms with Crippen LogP contribution in [-0.2, 0) is 14.3 Å². The van der Waals surface area contributed by atoms with Crippen molar-refractivity contribution in [3.05, 3.63) is 12.2 Å². The fourth-order valence-corrected chi connectivity index (χ4v) is 5.89. The van der Waals surface area contributed by atoms with Crippen molar-refractivity contribution in [2.45, 2.75) is 225 Å². The van der Waals surface area contributed by atoms with Crippen molar-refractivity contribution in [1.82, 2.24) is 0 Å². The second-order valence-corrected chi connectivity index (χ2v) is 13.1. The average Bonchev–Trinajstić information content (AvgIpc) is 2.99. The lowest BCUT2D eigenvalue weighted by Crippen LogP contribution is -2.18. The van der Waals surface area contributed by atoms with E-state index in [1.165, 1.54) is 135 Å². The van der Waals surface area contributed by atoms with Crippen molar-refractivity contribution in [2.24, 2.45) is 0 Å². The third-order valence-corrected chi connectivity index (χ3v) is 8.74. The van der Waals surface area contributed by atoms with Gasteiger partial charge in [-0.1, -0.05) is 154 Å². The first kappa shape index (κ1) is 41.7. The monoisotopic (exact) mass is 607 g/mol. The molecule has 0 amide bonds. The van der Waals surface area contributed by atoms with Crippen LogP contribution in [0.25, 0.3) is 0 Å². The van der Waals surface area contributed by atoms with Crippen molar-refractivity contribution >= 4 is 11.9 Å². The minimum Gasteiger partial charge on any atom is -0.481 e. The largest absolute Gasteiger partial charge is 0.481 e. The predicted octanol–water partition coefficient (Wildman–Crippen LogP) is 13.1. The molecule has 43 heavy (non-hydrogen) atoms. The molecule has 1 atom stereocenters. The van der Waals surface area contributed by atoms with Crippen molar-refractivity contribution in [2.75, 3.05) is 0 Å². The number of allylic oxidation sites excluding steroid dienone is 2. The highest BCUT2D eigenvalue weighted by atomic mass is 16.5. The van der Waals surface area contributed by atoms with Crippen LogP contribution in [0.4, 0.5) is 0 Å². The molecule has 0 aromatic rings. The molecule has 1 unspecified atom stereocenters. The highest BCUT2D eigenvalue weighted by Crippen LogP contribution is 2.19. The molecule has 254 valence electrons. The van der Waals surface area contributed by atoms with Gasteiger partial charge in [-0.2, -0.15) is 0 Å². The minimum atomic E-state index is -0.709. The Morgan fingerprint density at radius 3 is 1.28 bits per heavy atom. The van der Waals surface area contributed by atoms with Crippen molar-refractivity contribution < 1.29 is 19.4 Å². The standard InChI is InChI=1S/C39H74O4/c1-3-5-7-9-11-13-15-17-18-20-22-24-26-32-36-39(42)43-37(34-30-27-28-31-35-38(40)41)33-29-25-23-21-19-16-14-12-10-8-6-4-2/h13,15,37H,3-12,14,16-36H2,1-2H3,(H,40,41)/b15-13-. The molecule has 0 bridgehead atoms. The van der Waals surface area contributed by atoms with Gasteiger partial charge in [-0.25, -0.2) is 0 Å². The number of carbonyl (C=O) groups excluding carboxylic acids is 1. The van der Waals surface area contributed by atoms with Gasteiger partial charge in [0.25, 0.3) is 0 Å². The third kappa shape index (κ3) is 35.0. The van der Waals surface area contributed by atoms with Crippen LogP contribution in [0, 0.1) is 0 Å². The van der Waals surface area contributed by atoms with E-state index in [1.54, 1.807) is 0 Å². The van der Waals surface area contributed by atoms with Gasteiger partial charge < -0.3 is 9.84 Å². The number of ether oxygens (including phenoxy) is 1. The van der Waals surface area contributed by atoms with Gasteiger partial charge in [-0.05, 0) is 64.2 Å². The van der Waals surface area contributed by atoms with Crippen LogP contribution < -0.4 is 0 Å². The fourth-order valence-electron chi connectivity index (χ4n) is 5.89. The van der Waals surface area contributed by atoms with Crippen LogP contribution >= 0.6 is 0 Å². The normalized spacial score (nSPS) is 12.2. The van der Waals surface area contributed by atoms with E-state index in [9.17, 15) is 9.59 Å². The van der Waals surface area contributed by atoms with Gasteiger partial charge in [-0.3, -0.25) is 9.59 Å². The van der Waals surface area contributed by atoms with Gasteiger partial charge in [0.2, 0.25) is 0 Å². The Kier molecular flexibility index (Phi) is 34.1. The van der Waals surface area contributed by atoms with Crippen molar-refractivity contribution in [3.8, 4) is 0 Å². The average molecular weight is 607 g/mol. The summed E-state index contributed by atoms with van der Waals surface area (Å²) in [5.41, 5.74) is 0. The molecule has 0 aliphatic heterocycles. The van der Waals surface area contributed by atoms with E-state index >= 15 is 0 Å². The molecule has 4 nitrogen and oxygen atoms in total. The maximum atomic E-state index is 12.6. The molecule has 0 saturated heterocycles. The smallest absolute Gasteiger partial charge is 0.306 e. The summed E-state index contributed by atoms with van der Waals surface area (Å²) in [6, 6.07) is 0. The molecule has 0 radical (unpaired) electrons. The first-order valence-corrected chi connectivity index (χ1v) is 19.2. The summed E-state index contributed by atoms with van der Waals surface area (Å²) in [6.45, 7) is 4.54. The van der Waals surface area contributed by atoms with Gasteiger partial charge >= 0.3 is 11.9 Å². The molecule has 0 spiro atoms. The molecule has 0 aromatic carbocycles. The number of carboxylic acids is 1. The molecule has 0 saturated carbocycles. The maximum Gasteiger partial charge on any atom is 0.306 e. The number of carbonyl (C=O) groups is 2. The van der Waals surface area contributed by atoms with Crippen molar-refractivity contribution in [1.29, 1.82) is 0 Å². The van der Waals surface area contributed by atoms with Crippen LogP contribution in [0.15, 0.2) is 12.2 Å². The zero-order valence-electron chi connectivity index (χ0n) is 29.0. The fraction of sp³-hybridized carbons (Fsp3) is 0.897. The molecule has 0 aromatic heterocycles. The second-order valence-electron chi connectivity index (χ2n) is 13.1. The SMILES string of the molecule is CCCCCC/C=C\CCCCCCCCC(=O)OC(CCCCCCCCCCCCCC)CCCCCCC(=O)O. The summed E-state index contributed by atoms with van der Waals surface area (Å²) in [5, 5.41) is 8.84. The molecular weight excluding hydrogens is 532 g/mol. The molecule has 0 heterocycles. The van der Waals surface area contributed by atoms with Crippen LogP contribution in [0.2, 0.25) is 0 Å².